The van der Waals surface area contributed by atoms with Crippen molar-refractivity contribution in [3.8, 4) is 0 Å². The summed E-state index contributed by atoms with van der Waals surface area (Å²) in [4.78, 5) is 6.80. The molecule has 0 saturated carbocycles. The summed E-state index contributed by atoms with van der Waals surface area (Å²) < 4.78 is 2.09. The zero-order valence-corrected chi connectivity index (χ0v) is 8.90. The Morgan fingerprint density at radius 3 is 3.14 bits per heavy atom. The highest BCUT2D eigenvalue weighted by Gasteiger charge is 2.22. The van der Waals surface area contributed by atoms with Crippen LogP contribution in [-0.4, -0.2) is 35.2 Å². The van der Waals surface area contributed by atoms with E-state index in [0.29, 0.717) is 6.04 Å². The third-order valence-corrected chi connectivity index (χ3v) is 2.87. The summed E-state index contributed by atoms with van der Waals surface area (Å²) in [6.07, 6.45) is 5.04. The van der Waals surface area contributed by atoms with Crippen molar-refractivity contribution in [2.24, 2.45) is 7.05 Å². The molecule has 1 aliphatic rings. The summed E-state index contributed by atoms with van der Waals surface area (Å²) in [6, 6.07) is 0.588. The molecule has 1 N–H and O–H groups in total. The highest BCUT2D eigenvalue weighted by Crippen LogP contribution is 2.16. The number of aryl methyl sites for hydroxylation is 1. The topological polar surface area (TPSA) is 33.1 Å². The van der Waals surface area contributed by atoms with Gasteiger partial charge in [0.2, 0.25) is 5.95 Å². The predicted molar refractivity (Wildman–Crippen MR) is 57.5 cm³/mol. The van der Waals surface area contributed by atoms with Gasteiger partial charge in [-0.1, -0.05) is 6.92 Å². The smallest absolute Gasteiger partial charge is 0.205 e. The largest absolute Gasteiger partial charge is 0.337 e. The standard InChI is InChI=1S/C10H18N4/c1-3-9-8-11-4-7-14(9)10-12-5-6-13(10)2/h5-6,9,11H,3-4,7-8H2,1-2H3. The lowest BCUT2D eigenvalue weighted by Gasteiger charge is -2.36. The first kappa shape index (κ1) is 9.52. The summed E-state index contributed by atoms with van der Waals surface area (Å²) in [6.45, 7) is 5.42. The molecule has 0 radical (unpaired) electrons. The van der Waals surface area contributed by atoms with E-state index in [4.69, 9.17) is 0 Å². The molecule has 4 heteroatoms. The minimum atomic E-state index is 0.588. The molecule has 1 aliphatic heterocycles. The van der Waals surface area contributed by atoms with Crippen molar-refractivity contribution in [2.45, 2.75) is 19.4 Å². The van der Waals surface area contributed by atoms with Crippen LogP contribution in [0.1, 0.15) is 13.3 Å². The fourth-order valence-electron chi connectivity index (χ4n) is 2.02. The predicted octanol–water partition coefficient (Wildman–Crippen LogP) is 0.608. The lowest BCUT2D eigenvalue weighted by Crippen LogP contribution is -2.51. The molecule has 78 valence electrons. The van der Waals surface area contributed by atoms with Crippen LogP contribution in [0, 0.1) is 0 Å². The van der Waals surface area contributed by atoms with E-state index in [0.717, 1.165) is 25.6 Å². The molecule has 1 saturated heterocycles. The number of rotatable bonds is 2. The average molecular weight is 194 g/mol. The van der Waals surface area contributed by atoms with Gasteiger partial charge in [0.25, 0.3) is 0 Å². The van der Waals surface area contributed by atoms with Gasteiger partial charge in [-0.3, -0.25) is 0 Å². The van der Waals surface area contributed by atoms with E-state index in [-0.39, 0.29) is 0 Å². The van der Waals surface area contributed by atoms with Crippen LogP contribution >= 0.6 is 0 Å². The van der Waals surface area contributed by atoms with Crippen LogP contribution in [-0.2, 0) is 7.05 Å². The Balaban J connectivity index is 2.19. The summed E-state index contributed by atoms with van der Waals surface area (Å²) in [5, 5.41) is 3.42. The van der Waals surface area contributed by atoms with Crippen LogP contribution in [0.5, 0.6) is 0 Å². The summed E-state index contributed by atoms with van der Waals surface area (Å²) in [7, 11) is 2.05. The van der Waals surface area contributed by atoms with E-state index in [1.807, 2.05) is 12.4 Å². The van der Waals surface area contributed by atoms with Crippen LogP contribution in [0.15, 0.2) is 12.4 Å². The van der Waals surface area contributed by atoms with Gasteiger partial charge in [0.15, 0.2) is 0 Å². The molecule has 0 aromatic carbocycles. The summed E-state index contributed by atoms with van der Waals surface area (Å²) in [5.74, 6) is 1.10. The first-order valence-corrected chi connectivity index (χ1v) is 5.27. The molecular formula is C10H18N4. The van der Waals surface area contributed by atoms with Gasteiger partial charge in [-0.05, 0) is 6.42 Å². The molecule has 0 spiro atoms. The van der Waals surface area contributed by atoms with E-state index < -0.39 is 0 Å². The van der Waals surface area contributed by atoms with Crippen LogP contribution in [0.2, 0.25) is 0 Å². The van der Waals surface area contributed by atoms with Crippen molar-refractivity contribution in [3.05, 3.63) is 12.4 Å². The summed E-state index contributed by atoms with van der Waals surface area (Å²) >= 11 is 0. The molecule has 1 fully saturated rings. The van der Waals surface area contributed by atoms with Gasteiger partial charge < -0.3 is 14.8 Å². The van der Waals surface area contributed by atoms with Crippen LogP contribution in [0.3, 0.4) is 0 Å². The van der Waals surface area contributed by atoms with E-state index in [1.165, 1.54) is 6.42 Å². The Hall–Kier alpha value is -1.03. The number of hydrogen-bond acceptors (Lipinski definition) is 3. The molecule has 1 unspecified atom stereocenters. The van der Waals surface area contributed by atoms with E-state index in [2.05, 4.69) is 33.7 Å². The fraction of sp³-hybridized carbons (Fsp3) is 0.700. The number of nitrogens with one attached hydrogen (secondary N) is 1. The maximum Gasteiger partial charge on any atom is 0.205 e. The maximum absolute atomic E-state index is 4.40. The third-order valence-electron chi connectivity index (χ3n) is 2.87. The van der Waals surface area contributed by atoms with Crippen molar-refractivity contribution in [1.29, 1.82) is 0 Å². The monoisotopic (exact) mass is 194 g/mol. The molecule has 14 heavy (non-hydrogen) atoms. The molecule has 2 rings (SSSR count). The number of nitrogens with zero attached hydrogens (tertiary/aromatic N) is 3. The van der Waals surface area contributed by atoms with E-state index in [1.54, 1.807) is 0 Å². The molecule has 4 nitrogen and oxygen atoms in total. The van der Waals surface area contributed by atoms with Crippen LogP contribution < -0.4 is 10.2 Å². The molecule has 1 aromatic heterocycles. The van der Waals surface area contributed by atoms with Crippen molar-refractivity contribution in [2.75, 3.05) is 24.5 Å². The van der Waals surface area contributed by atoms with Crippen molar-refractivity contribution in [3.63, 3.8) is 0 Å². The van der Waals surface area contributed by atoms with Crippen LogP contribution in [0.4, 0.5) is 5.95 Å². The van der Waals surface area contributed by atoms with Gasteiger partial charge in [0.1, 0.15) is 0 Å². The lowest BCUT2D eigenvalue weighted by molar-refractivity contribution is 0.456. The van der Waals surface area contributed by atoms with Gasteiger partial charge in [-0.25, -0.2) is 4.98 Å². The van der Waals surface area contributed by atoms with E-state index >= 15 is 0 Å². The highest BCUT2D eigenvalue weighted by atomic mass is 15.3. The number of aromatic nitrogens is 2. The fourth-order valence-corrected chi connectivity index (χ4v) is 2.02. The molecule has 0 amide bonds. The maximum atomic E-state index is 4.40. The van der Waals surface area contributed by atoms with E-state index in [9.17, 15) is 0 Å². The quantitative estimate of drug-likeness (QED) is 0.749. The van der Waals surface area contributed by atoms with Gasteiger partial charge in [0.05, 0.1) is 0 Å². The average Bonchev–Trinajstić information content (AvgIpc) is 2.64. The summed E-state index contributed by atoms with van der Waals surface area (Å²) in [5.41, 5.74) is 0. The highest BCUT2D eigenvalue weighted by molar-refractivity contribution is 5.33. The molecular weight excluding hydrogens is 176 g/mol. The Bertz CT molecular complexity index is 294. The van der Waals surface area contributed by atoms with Gasteiger partial charge in [0, 0.05) is 45.1 Å². The normalized spacial score (nSPS) is 22.7. The van der Waals surface area contributed by atoms with Crippen molar-refractivity contribution < 1.29 is 0 Å². The first-order chi connectivity index (χ1) is 6.83. The second-order valence-corrected chi connectivity index (χ2v) is 3.80. The van der Waals surface area contributed by atoms with Crippen molar-refractivity contribution in [1.82, 2.24) is 14.9 Å². The molecule has 1 atom stereocenters. The zero-order chi connectivity index (χ0) is 9.97. The Morgan fingerprint density at radius 2 is 2.50 bits per heavy atom. The minimum Gasteiger partial charge on any atom is -0.337 e. The Labute approximate surface area is 84.9 Å². The first-order valence-electron chi connectivity index (χ1n) is 5.27. The van der Waals surface area contributed by atoms with Gasteiger partial charge >= 0.3 is 0 Å². The number of imidazole rings is 1. The second-order valence-electron chi connectivity index (χ2n) is 3.80. The van der Waals surface area contributed by atoms with Gasteiger partial charge in [-0.15, -0.1) is 0 Å². The molecule has 0 aliphatic carbocycles. The second kappa shape index (κ2) is 4.00. The zero-order valence-electron chi connectivity index (χ0n) is 8.90. The Morgan fingerprint density at radius 1 is 1.64 bits per heavy atom. The molecule has 0 bridgehead atoms. The number of hydrogen-bond donors (Lipinski definition) is 1. The SMILES string of the molecule is CCC1CNCCN1c1nccn1C. The van der Waals surface area contributed by atoms with Gasteiger partial charge in [-0.2, -0.15) is 0 Å². The number of piperazine rings is 1. The molecule has 2 heterocycles. The molecule has 1 aromatic rings. The van der Waals surface area contributed by atoms with Crippen molar-refractivity contribution >= 4 is 5.95 Å². The lowest BCUT2D eigenvalue weighted by atomic mass is 10.1. The minimum absolute atomic E-state index is 0.588. The van der Waals surface area contributed by atoms with Crippen LogP contribution in [0.25, 0.3) is 0 Å². The number of anilines is 1. The third kappa shape index (κ3) is 1.62. The Kier molecular flexibility index (Phi) is 2.72.